The molecule has 5 rings (SSSR count). The van der Waals surface area contributed by atoms with E-state index in [2.05, 4.69) is 15.5 Å². The number of carbonyl (C=O) groups is 1. The first-order valence-corrected chi connectivity index (χ1v) is 10.1. The average Bonchev–Trinajstić information content (AvgIpc) is 3.54. The SMILES string of the molecule is O=C(NCCn1nc(-c2ccncc2)c2c1CCCC2)c1cc(-c2ccco2)on1. The number of fused-ring (bicyclic) bond motifs is 1. The van der Waals surface area contributed by atoms with E-state index in [9.17, 15) is 4.79 Å². The monoisotopic (exact) mass is 403 g/mol. The summed E-state index contributed by atoms with van der Waals surface area (Å²) >= 11 is 0. The number of carbonyl (C=O) groups excluding carboxylic acids is 1. The molecule has 0 fully saturated rings. The normalized spacial score (nSPS) is 13.2. The molecule has 4 aromatic heterocycles. The van der Waals surface area contributed by atoms with Crippen molar-refractivity contribution in [2.45, 2.75) is 32.2 Å². The highest BCUT2D eigenvalue weighted by molar-refractivity contribution is 5.92. The summed E-state index contributed by atoms with van der Waals surface area (Å²) in [6.07, 6.45) is 9.51. The second kappa shape index (κ2) is 7.98. The zero-order valence-corrected chi connectivity index (χ0v) is 16.4. The fraction of sp³-hybridized carbons (Fsp3) is 0.273. The van der Waals surface area contributed by atoms with Crippen LogP contribution in [-0.4, -0.2) is 32.4 Å². The predicted molar refractivity (Wildman–Crippen MR) is 109 cm³/mol. The number of rotatable bonds is 6. The van der Waals surface area contributed by atoms with E-state index in [1.54, 1.807) is 36.9 Å². The van der Waals surface area contributed by atoms with E-state index in [-0.39, 0.29) is 11.6 Å². The van der Waals surface area contributed by atoms with E-state index < -0.39 is 0 Å². The first kappa shape index (κ1) is 18.4. The molecule has 1 aliphatic carbocycles. The smallest absolute Gasteiger partial charge is 0.273 e. The number of aromatic nitrogens is 4. The topological polar surface area (TPSA) is 99.0 Å². The molecule has 0 bridgehead atoms. The Labute approximate surface area is 172 Å². The maximum atomic E-state index is 12.4. The Balaban J connectivity index is 1.28. The van der Waals surface area contributed by atoms with Gasteiger partial charge in [0.1, 0.15) is 0 Å². The van der Waals surface area contributed by atoms with Crippen molar-refractivity contribution in [2.75, 3.05) is 6.54 Å². The summed E-state index contributed by atoms with van der Waals surface area (Å²) in [7, 11) is 0. The Kier molecular flexibility index (Phi) is 4.88. The lowest BCUT2D eigenvalue weighted by molar-refractivity contribution is 0.0943. The molecule has 152 valence electrons. The lowest BCUT2D eigenvalue weighted by atomic mass is 9.94. The Morgan fingerprint density at radius 2 is 2.00 bits per heavy atom. The number of pyridine rings is 1. The minimum Gasteiger partial charge on any atom is -0.461 e. The van der Waals surface area contributed by atoms with Crippen molar-refractivity contribution in [1.29, 1.82) is 0 Å². The summed E-state index contributed by atoms with van der Waals surface area (Å²) in [5.74, 6) is 0.675. The number of nitrogens with one attached hydrogen (secondary N) is 1. The number of hydrogen-bond acceptors (Lipinski definition) is 6. The van der Waals surface area contributed by atoms with Crippen LogP contribution in [0.5, 0.6) is 0 Å². The third kappa shape index (κ3) is 3.52. The molecule has 0 aromatic carbocycles. The molecule has 1 N–H and O–H groups in total. The number of amides is 1. The van der Waals surface area contributed by atoms with Gasteiger partial charge < -0.3 is 14.3 Å². The zero-order valence-electron chi connectivity index (χ0n) is 16.4. The third-order valence-corrected chi connectivity index (χ3v) is 5.33. The summed E-state index contributed by atoms with van der Waals surface area (Å²) < 4.78 is 12.5. The van der Waals surface area contributed by atoms with Gasteiger partial charge in [-0.25, -0.2) is 0 Å². The van der Waals surface area contributed by atoms with Crippen molar-refractivity contribution >= 4 is 5.91 Å². The molecule has 0 saturated carbocycles. The molecule has 8 heteroatoms. The first-order chi connectivity index (χ1) is 14.8. The van der Waals surface area contributed by atoms with E-state index >= 15 is 0 Å². The van der Waals surface area contributed by atoms with Crippen molar-refractivity contribution in [3.8, 4) is 22.8 Å². The lowest BCUT2D eigenvalue weighted by Crippen LogP contribution is -2.28. The Morgan fingerprint density at radius 1 is 1.13 bits per heavy atom. The Morgan fingerprint density at radius 3 is 2.83 bits per heavy atom. The second-order valence-electron chi connectivity index (χ2n) is 7.25. The van der Waals surface area contributed by atoms with Crippen LogP contribution in [0.3, 0.4) is 0 Å². The van der Waals surface area contributed by atoms with E-state index in [1.807, 2.05) is 16.8 Å². The molecule has 0 spiro atoms. The summed E-state index contributed by atoms with van der Waals surface area (Å²) in [6.45, 7) is 1.05. The zero-order chi connectivity index (χ0) is 20.3. The Bertz CT molecular complexity index is 1150. The molecule has 30 heavy (non-hydrogen) atoms. The molecule has 1 amide bonds. The largest absolute Gasteiger partial charge is 0.461 e. The summed E-state index contributed by atoms with van der Waals surface area (Å²) in [5.41, 5.74) is 4.92. The summed E-state index contributed by atoms with van der Waals surface area (Å²) in [5, 5.41) is 11.6. The highest BCUT2D eigenvalue weighted by Crippen LogP contribution is 2.30. The van der Waals surface area contributed by atoms with Gasteiger partial charge >= 0.3 is 0 Å². The first-order valence-electron chi connectivity index (χ1n) is 10.1. The van der Waals surface area contributed by atoms with Crippen molar-refractivity contribution in [3.63, 3.8) is 0 Å². The van der Waals surface area contributed by atoms with Gasteiger partial charge in [-0.1, -0.05) is 5.16 Å². The van der Waals surface area contributed by atoms with Gasteiger partial charge in [-0.2, -0.15) is 5.10 Å². The fourth-order valence-electron chi connectivity index (χ4n) is 3.88. The van der Waals surface area contributed by atoms with Gasteiger partial charge in [0.15, 0.2) is 11.5 Å². The van der Waals surface area contributed by atoms with Crippen LogP contribution < -0.4 is 5.32 Å². The van der Waals surface area contributed by atoms with Crippen LogP contribution in [0.2, 0.25) is 0 Å². The number of hydrogen-bond donors (Lipinski definition) is 1. The van der Waals surface area contributed by atoms with Gasteiger partial charge in [-0.3, -0.25) is 14.5 Å². The van der Waals surface area contributed by atoms with E-state index in [0.29, 0.717) is 24.6 Å². The quantitative estimate of drug-likeness (QED) is 0.529. The molecule has 0 aliphatic heterocycles. The minimum atomic E-state index is -0.285. The van der Waals surface area contributed by atoms with Crippen molar-refractivity contribution in [2.24, 2.45) is 0 Å². The van der Waals surface area contributed by atoms with Crippen LogP contribution in [0, 0.1) is 0 Å². The van der Waals surface area contributed by atoms with Gasteiger partial charge in [0.25, 0.3) is 5.91 Å². The van der Waals surface area contributed by atoms with Gasteiger partial charge in [0.2, 0.25) is 5.76 Å². The van der Waals surface area contributed by atoms with Crippen LogP contribution in [0.25, 0.3) is 22.8 Å². The van der Waals surface area contributed by atoms with Gasteiger partial charge in [-0.05, 0) is 49.9 Å². The van der Waals surface area contributed by atoms with Crippen molar-refractivity contribution in [3.05, 3.63) is 65.9 Å². The number of nitrogens with zero attached hydrogens (tertiary/aromatic N) is 4. The summed E-state index contributed by atoms with van der Waals surface area (Å²) in [6, 6.07) is 9.06. The maximum absolute atomic E-state index is 12.4. The lowest BCUT2D eigenvalue weighted by Gasteiger charge is -2.14. The van der Waals surface area contributed by atoms with Crippen LogP contribution in [0.4, 0.5) is 0 Å². The fourth-order valence-corrected chi connectivity index (χ4v) is 3.88. The molecule has 4 heterocycles. The van der Waals surface area contributed by atoms with Gasteiger partial charge in [-0.15, -0.1) is 0 Å². The Hall–Kier alpha value is -3.68. The molecular formula is C22H21N5O3. The molecule has 0 atom stereocenters. The highest BCUT2D eigenvalue weighted by atomic mass is 16.5. The van der Waals surface area contributed by atoms with Crippen LogP contribution >= 0.6 is 0 Å². The molecule has 0 saturated heterocycles. The van der Waals surface area contributed by atoms with Crippen molar-refractivity contribution < 1.29 is 13.7 Å². The van der Waals surface area contributed by atoms with E-state index in [4.69, 9.17) is 14.0 Å². The maximum Gasteiger partial charge on any atom is 0.273 e. The number of furan rings is 1. The van der Waals surface area contributed by atoms with Crippen LogP contribution in [0.15, 0.2) is 57.9 Å². The molecule has 0 unspecified atom stereocenters. The molecule has 4 aromatic rings. The molecule has 1 aliphatic rings. The minimum absolute atomic E-state index is 0.223. The van der Waals surface area contributed by atoms with E-state index in [0.717, 1.165) is 30.5 Å². The average molecular weight is 403 g/mol. The van der Waals surface area contributed by atoms with Crippen molar-refractivity contribution in [1.82, 2.24) is 25.2 Å². The highest BCUT2D eigenvalue weighted by Gasteiger charge is 2.22. The molecule has 8 nitrogen and oxygen atoms in total. The van der Waals surface area contributed by atoms with Gasteiger partial charge in [0.05, 0.1) is 18.5 Å². The molecular weight excluding hydrogens is 382 g/mol. The second-order valence-corrected chi connectivity index (χ2v) is 7.25. The van der Waals surface area contributed by atoms with Crippen LogP contribution in [-0.2, 0) is 19.4 Å². The van der Waals surface area contributed by atoms with Gasteiger partial charge in [0, 0.05) is 41.8 Å². The van der Waals surface area contributed by atoms with Crippen LogP contribution in [0.1, 0.15) is 34.6 Å². The standard InChI is InChI=1S/C22H21N5O3/c28-22(17-14-20(30-26-17)19-6-3-13-29-19)24-11-12-27-18-5-2-1-4-16(18)21(25-27)15-7-9-23-10-8-15/h3,6-10,13-14H,1-2,4-5,11-12H2,(H,24,28). The molecule has 0 radical (unpaired) electrons. The van der Waals surface area contributed by atoms with E-state index in [1.165, 1.54) is 17.7 Å². The third-order valence-electron chi connectivity index (χ3n) is 5.33. The predicted octanol–water partition coefficient (Wildman–Crippen LogP) is 3.50. The summed E-state index contributed by atoms with van der Waals surface area (Å²) in [4.78, 5) is 16.5.